The Morgan fingerprint density at radius 2 is 2.27 bits per heavy atom. The Labute approximate surface area is 72.0 Å². The van der Waals surface area contributed by atoms with E-state index in [0.717, 1.165) is 0 Å². The zero-order chi connectivity index (χ0) is 7.84. The summed E-state index contributed by atoms with van der Waals surface area (Å²) >= 11 is 2.04. The van der Waals surface area contributed by atoms with Crippen LogP contribution in [0.3, 0.4) is 0 Å². The first-order valence-corrected chi connectivity index (χ1v) is 5.04. The van der Waals surface area contributed by atoms with Crippen LogP contribution < -0.4 is 0 Å². The minimum absolute atomic E-state index is 0.714. The third-order valence-corrected chi connectivity index (χ3v) is 3.52. The fraction of sp³-hybridized carbons (Fsp3) is 0.400. The highest BCUT2D eigenvalue weighted by molar-refractivity contribution is 7.99. The quantitative estimate of drug-likeness (QED) is 0.567. The van der Waals surface area contributed by atoms with Gasteiger partial charge in [-0.05, 0) is 30.5 Å². The number of fused-ring (bicyclic) bond motifs is 1. The van der Waals surface area contributed by atoms with E-state index in [1.165, 1.54) is 11.3 Å². The minimum Gasteiger partial charge on any atom is -0.149 e. The van der Waals surface area contributed by atoms with Crippen molar-refractivity contribution >= 4 is 11.8 Å². The van der Waals surface area contributed by atoms with Gasteiger partial charge in [0.25, 0.3) is 0 Å². The van der Waals surface area contributed by atoms with Crippen LogP contribution in [-0.4, -0.2) is 0 Å². The number of thioether (sulfide) groups is 1. The van der Waals surface area contributed by atoms with Gasteiger partial charge in [-0.3, -0.25) is 0 Å². The third-order valence-electron chi connectivity index (χ3n) is 2.31. The fourth-order valence-corrected chi connectivity index (χ4v) is 2.93. The van der Waals surface area contributed by atoms with E-state index in [4.69, 9.17) is 0 Å². The van der Waals surface area contributed by atoms with E-state index in [2.05, 4.69) is 32.0 Å². The van der Waals surface area contributed by atoms with Gasteiger partial charge in [-0.15, -0.1) is 11.8 Å². The van der Waals surface area contributed by atoms with Gasteiger partial charge in [0.2, 0.25) is 0 Å². The molecule has 1 aromatic rings. The molecule has 0 saturated carbocycles. The van der Waals surface area contributed by atoms with Gasteiger partial charge in [0.05, 0.1) is 0 Å². The Morgan fingerprint density at radius 1 is 1.45 bits per heavy atom. The van der Waals surface area contributed by atoms with Crippen LogP contribution in [0.2, 0.25) is 0 Å². The van der Waals surface area contributed by atoms with E-state index in [1.807, 2.05) is 11.8 Å². The lowest BCUT2D eigenvalue weighted by atomic mass is 10.0. The molecule has 1 aliphatic rings. The highest BCUT2D eigenvalue weighted by Crippen LogP contribution is 2.42. The first-order chi connectivity index (χ1) is 5.29. The summed E-state index contributed by atoms with van der Waals surface area (Å²) in [4.78, 5) is 0. The third kappa shape index (κ3) is 1.08. The van der Waals surface area contributed by atoms with Crippen LogP contribution in [0, 0.1) is 6.92 Å². The Morgan fingerprint density at radius 3 is 3.00 bits per heavy atom. The molecule has 0 N–H and O–H groups in total. The smallest absolute Gasteiger partial charge is 0.0278 e. The van der Waals surface area contributed by atoms with Gasteiger partial charge in [0.1, 0.15) is 0 Å². The van der Waals surface area contributed by atoms with Crippen molar-refractivity contribution in [1.29, 1.82) is 0 Å². The highest BCUT2D eigenvalue weighted by atomic mass is 32.2. The van der Waals surface area contributed by atoms with E-state index in [0.29, 0.717) is 5.25 Å². The maximum atomic E-state index is 2.30. The second-order valence-corrected chi connectivity index (χ2v) is 4.43. The van der Waals surface area contributed by atoms with E-state index in [9.17, 15) is 0 Å². The lowest BCUT2D eigenvalue weighted by Crippen LogP contribution is -1.88. The molecule has 1 heteroatoms. The summed E-state index contributed by atoms with van der Waals surface area (Å²) in [6.07, 6.45) is 0. The molecule has 0 aliphatic carbocycles. The summed E-state index contributed by atoms with van der Waals surface area (Å²) in [5.74, 6) is 1.21. The monoisotopic (exact) mass is 164 g/mol. The molecule has 0 unspecified atom stereocenters. The van der Waals surface area contributed by atoms with Crippen molar-refractivity contribution in [3.8, 4) is 0 Å². The predicted molar refractivity (Wildman–Crippen MR) is 50.9 cm³/mol. The molecule has 0 aromatic heterocycles. The van der Waals surface area contributed by atoms with Gasteiger partial charge in [-0.2, -0.15) is 0 Å². The lowest BCUT2D eigenvalue weighted by molar-refractivity contribution is 1.08. The molecule has 0 amide bonds. The number of aryl methyl sites for hydroxylation is 1. The maximum absolute atomic E-state index is 2.30. The summed E-state index contributed by atoms with van der Waals surface area (Å²) < 4.78 is 0. The molecular formula is C10H12S. The first kappa shape index (κ1) is 7.23. The summed E-state index contributed by atoms with van der Waals surface area (Å²) in [5.41, 5.74) is 4.58. The molecule has 0 fully saturated rings. The molecule has 1 heterocycles. The maximum Gasteiger partial charge on any atom is 0.0278 e. The molecule has 0 radical (unpaired) electrons. The Hall–Kier alpha value is -0.430. The molecule has 0 nitrogen and oxygen atoms in total. The lowest BCUT2D eigenvalue weighted by Gasteiger charge is -2.06. The molecule has 0 saturated heterocycles. The van der Waals surface area contributed by atoms with Crippen molar-refractivity contribution in [2.45, 2.75) is 24.9 Å². The molecule has 1 atom stereocenters. The second kappa shape index (κ2) is 2.56. The van der Waals surface area contributed by atoms with E-state index in [1.54, 1.807) is 11.1 Å². The molecular weight excluding hydrogens is 152 g/mol. The van der Waals surface area contributed by atoms with Crippen molar-refractivity contribution in [3.05, 3.63) is 34.9 Å². The summed E-state index contributed by atoms with van der Waals surface area (Å²) in [7, 11) is 0. The molecule has 1 aromatic carbocycles. The second-order valence-electron chi connectivity index (χ2n) is 3.10. The van der Waals surface area contributed by atoms with Crippen LogP contribution in [0.15, 0.2) is 18.2 Å². The zero-order valence-corrected chi connectivity index (χ0v) is 7.74. The molecule has 2 rings (SSSR count). The van der Waals surface area contributed by atoms with Crippen molar-refractivity contribution in [3.63, 3.8) is 0 Å². The molecule has 11 heavy (non-hydrogen) atoms. The molecule has 1 aliphatic heterocycles. The average Bonchev–Trinajstić information content (AvgIpc) is 2.34. The van der Waals surface area contributed by atoms with Crippen molar-refractivity contribution < 1.29 is 0 Å². The Kier molecular flexibility index (Phi) is 1.68. The van der Waals surface area contributed by atoms with Crippen molar-refractivity contribution in [1.82, 2.24) is 0 Å². The SMILES string of the molecule is Cc1cccc2c1[C@@H](C)SC2. The Bertz CT molecular complexity index is 278. The standard InChI is InChI=1S/C10H12S/c1-7-4-3-5-9-6-11-8(2)10(7)9/h3-5,8H,6H2,1-2H3/t8-/m1/s1. The molecule has 0 bridgehead atoms. The topological polar surface area (TPSA) is 0 Å². The van der Waals surface area contributed by atoms with Gasteiger partial charge in [0.15, 0.2) is 0 Å². The zero-order valence-electron chi connectivity index (χ0n) is 6.92. The largest absolute Gasteiger partial charge is 0.149 e. The summed E-state index contributed by atoms with van der Waals surface area (Å²) in [6, 6.07) is 6.62. The van der Waals surface area contributed by atoms with Gasteiger partial charge in [-0.1, -0.05) is 18.2 Å². The van der Waals surface area contributed by atoms with Crippen LogP contribution in [0.5, 0.6) is 0 Å². The van der Waals surface area contributed by atoms with Crippen molar-refractivity contribution in [2.24, 2.45) is 0 Å². The van der Waals surface area contributed by atoms with Gasteiger partial charge < -0.3 is 0 Å². The first-order valence-electron chi connectivity index (χ1n) is 3.99. The summed E-state index contributed by atoms with van der Waals surface area (Å²) in [5, 5.41) is 0.714. The number of hydrogen-bond donors (Lipinski definition) is 0. The predicted octanol–water partition coefficient (Wildman–Crippen LogP) is 3.30. The minimum atomic E-state index is 0.714. The Balaban J connectivity index is 2.58. The number of rotatable bonds is 0. The van der Waals surface area contributed by atoms with Crippen LogP contribution in [0.1, 0.15) is 28.9 Å². The van der Waals surface area contributed by atoms with E-state index < -0.39 is 0 Å². The van der Waals surface area contributed by atoms with E-state index >= 15 is 0 Å². The van der Waals surface area contributed by atoms with E-state index in [-0.39, 0.29) is 0 Å². The normalized spacial score (nSPS) is 21.8. The fourth-order valence-electron chi connectivity index (χ4n) is 1.75. The average molecular weight is 164 g/mol. The van der Waals surface area contributed by atoms with Crippen LogP contribution >= 0.6 is 11.8 Å². The van der Waals surface area contributed by atoms with Gasteiger partial charge in [-0.25, -0.2) is 0 Å². The van der Waals surface area contributed by atoms with Gasteiger partial charge >= 0.3 is 0 Å². The van der Waals surface area contributed by atoms with Gasteiger partial charge in [0, 0.05) is 11.0 Å². The summed E-state index contributed by atoms with van der Waals surface area (Å²) in [6.45, 7) is 4.50. The highest BCUT2D eigenvalue weighted by Gasteiger charge is 2.19. The number of benzene rings is 1. The van der Waals surface area contributed by atoms with Crippen LogP contribution in [0.25, 0.3) is 0 Å². The number of hydrogen-bond acceptors (Lipinski definition) is 1. The van der Waals surface area contributed by atoms with Crippen LogP contribution in [0.4, 0.5) is 0 Å². The van der Waals surface area contributed by atoms with Crippen molar-refractivity contribution in [2.75, 3.05) is 0 Å². The molecule has 58 valence electrons. The van der Waals surface area contributed by atoms with Crippen LogP contribution in [-0.2, 0) is 5.75 Å². The molecule has 0 spiro atoms.